The maximum atomic E-state index is 12.0. The Balaban J connectivity index is 2.45. The second kappa shape index (κ2) is 8.90. The number of nitrogens with zero attached hydrogens (tertiary/aromatic N) is 2. The van der Waals surface area contributed by atoms with Gasteiger partial charge in [0.05, 0.1) is 23.7 Å². The largest absolute Gasteiger partial charge is 0.378 e. The van der Waals surface area contributed by atoms with Crippen LogP contribution in [-0.2, 0) is 4.74 Å². The molecule has 0 aliphatic carbocycles. The average molecular weight is 407 g/mol. The molecule has 1 aromatic rings. The molecule has 1 amide bonds. The van der Waals surface area contributed by atoms with E-state index in [2.05, 4.69) is 5.32 Å². The van der Waals surface area contributed by atoms with E-state index in [-0.39, 0.29) is 11.6 Å². The summed E-state index contributed by atoms with van der Waals surface area (Å²) < 4.78 is 6.03. The summed E-state index contributed by atoms with van der Waals surface area (Å²) in [5, 5.41) is 13.4. The zero-order valence-corrected chi connectivity index (χ0v) is 14.1. The van der Waals surface area contributed by atoms with Gasteiger partial charge in [-0.1, -0.05) is 0 Å². The normalized spacial score (nSPS) is 10.7. The van der Waals surface area contributed by atoms with Crippen LogP contribution in [0, 0.1) is 13.7 Å². The summed E-state index contributed by atoms with van der Waals surface area (Å²) in [6.07, 6.45) is 0. The Kier molecular flexibility index (Phi) is 7.54. The zero-order chi connectivity index (χ0) is 15.8. The van der Waals surface area contributed by atoms with Gasteiger partial charge in [-0.2, -0.15) is 0 Å². The molecular formula is C13H18IN3O4. The van der Waals surface area contributed by atoms with E-state index in [4.69, 9.17) is 4.74 Å². The predicted molar refractivity (Wildman–Crippen MR) is 87.5 cm³/mol. The van der Waals surface area contributed by atoms with Crippen molar-refractivity contribution < 1.29 is 14.5 Å². The number of nitro benzene ring substituents is 1. The number of ether oxygens (including phenoxy) is 1. The van der Waals surface area contributed by atoms with Crippen LogP contribution in [0.4, 0.5) is 5.69 Å². The quantitative estimate of drug-likeness (QED) is 0.306. The van der Waals surface area contributed by atoms with Gasteiger partial charge in [-0.3, -0.25) is 14.9 Å². The van der Waals surface area contributed by atoms with Gasteiger partial charge in [0, 0.05) is 28.8 Å². The number of likely N-dealkylation sites (N-methyl/N-ethyl adjacent to an activating group) is 1. The third-order valence-corrected chi connectivity index (χ3v) is 3.56. The molecule has 1 N–H and O–H groups in total. The summed E-state index contributed by atoms with van der Waals surface area (Å²) in [4.78, 5) is 24.2. The van der Waals surface area contributed by atoms with Crippen LogP contribution in [0.1, 0.15) is 10.4 Å². The summed E-state index contributed by atoms with van der Waals surface area (Å²) in [6.45, 7) is 2.18. The van der Waals surface area contributed by atoms with Crippen molar-refractivity contribution in [2.75, 3.05) is 40.4 Å². The molecule has 116 valence electrons. The summed E-state index contributed by atoms with van der Waals surface area (Å²) >= 11 is 1.98. The lowest BCUT2D eigenvalue weighted by Crippen LogP contribution is -2.29. The van der Waals surface area contributed by atoms with Crippen LogP contribution in [0.2, 0.25) is 0 Å². The maximum absolute atomic E-state index is 12.0. The minimum atomic E-state index is -0.517. The molecule has 0 aliphatic rings. The smallest absolute Gasteiger partial charge is 0.270 e. The van der Waals surface area contributed by atoms with Gasteiger partial charge < -0.3 is 15.0 Å². The van der Waals surface area contributed by atoms with E-state index >= 15 is 0 Å². The molecule has 0 aromatic heterocycles. The fraction of sp³-hybridized carbons (Fsp3) is 0.462. The van der Waals surface area contributed by atoms with Crippen molar-refractivity contribution in [2.45, 2.75) is 0 Å². The molecule has 0 atom stereocenters. The third kappa shape index (κ3) is 6.36. The van der Waals surface area contributed by atoms with Crippen molar-refractivity contribution >= 4 is 34.2 Å². The van der Waals surface area contributed by atoms with Crippen LogP contribution in [0.15, 0.2) is 18.2 Å². The lowest BCUT2D eigenvalue weighted by atomic mass is 10.2. The molecule has 21 heavy (non-hydrogen) atoms. The zero-order valence-electron chi connectivity index (χ0n) is 12.0. The van der Waals surface area contributed by atoms with Crippen molar-refractivity contribution in [1.29, 1.82) is 0 Å². The molecule has 0 saturated carbocycles. The number of rotatable bonds is 8. The molecule has 0 radical (unpaired) electrons. The summed E-state index contributed by atoms with van der Waals surface area (Å²) in [5.74, 6) is -0.334. The molecule has 0 unspecified atom stereocenters. The highest BCUT2D eigenvalue weighted by Gasteiger charge is 2.14. The van der Waals surface area contributed by atoms with Crippen LogP contribution in [0.3, 0.4) is 0 Å². The number of nitro groups is 1. The Morgan fingerprint density at radius 1 is 1.43 bits per heavy atom. The molecule has 0 aliphatic heterocycles. The second-order valence-corrected chi connectivity index (χ2v) is 5.75. The fourth-order valence-corrected chi connectivity index (χ4v) is 2.06. The van der Waals surface area contributed by atoms with Crippen LogP contribution in [0.5, 0.6) is 0 Å². The Labute approximate surface area is 136 Å². The number of hydrogen-bond acceptors (Lipinski definition) is 5. The molecule has 0 fully saturated rings. The van der Waals surface area contributed by atoms with Gasteiger partial charge in [-0.25, -0.2) is 0 Å². The van der Waals surface area contributed by atoms with Gasteiger partial charge in [-0.15, -0.1) is 0 Å². The topological polar surface area (TPSA) is 84.7 Å². The third-order valence-electron chi connectivity index (χ3n) is 2.62. The van der Waals surface area contributed by atoms with E-state index in [0.717, 1.165) is 6.54 Å². The summed E-state index contributed by atoms with van der Waals surface area (Å²) in [5.41, 5.74) is 0.209. The van der Waals surface area contributed by atoms with Gasteiger partial charge in [0.2, 0.25) is 0 Å². The first-order valence-corrected chi connectivity index (χ1v) is 7.44. The minimum absolute atomic E-state index is 0.0946. The van der Waals surface area contributed by atoms with Crippen molar-refractivity contribution in [1.82, 2.24) is 10.2 Å². The van der Waals surface area contributed by atoms with E-state index in [1.807, 2.05) is 41.6 Å². The van der Waals surface area contributed by atoms with Gasteiger partial charge >= 0.3 is 0 Å². The van der Waals surface area contributed by atoms with Gasteiger partial charge in [-0.05, 0) is 42.8 Å². The van der Waals surface area contributed by atoms with Crippen molar-refractivity contribution in [2.24, 2.45) is 0 Å². The van der Waals surface area contributed by atoms with Crippen molar-refractivity contribution in [3.63, 3.8) is 0 Å². The number of halogens is 1. The minimum Gasteiger partial charge on any atom is -0.378 e. The lowest BCUT2D eigenvalue weighted by molar-refractivity contribution is -0.384. The number of nitrogens with one attached hydrogen (secondary N) is 1. The SMILES string of the molecule is CN(C)CCOCCNC(=O)c1cc([N+](=O)[O-])ccc1I. The van der Waals surface area contributed by atoms with Crippen LogP contribution in [-0.4, -0.2) is 56.1 Å². The van der Waals surface area contributed by atoms with Gasteiger partial charge in [0.25, 0.3) is 11.6 Å². The number of hydrogen-bond donors (Lipinski definition) is 1. The Bertz CT molecular complexity index is 508. The van der Waals surface area contributed by atoms with E-state index < -0.39 is 4.92 Å². The van der Waals surface area contributed by atoms with Crippen LogP contribution < -0.4 is 5.32 Å². The average Bonchev–Trinajstić information content (AvgIpc) is 2.42. The molecule has 0 heterocycles. The first-order chi connectivity index (χ1) is 9.91. The molecule has 7 nitrogen and oxygen atoms in total. The number of benzene rings is 1. The van der Waals surface area contributed by atoms with Crippen LogP contribution in [0.25, 0.3) is 0 Å². The molecule has 0 spiro atoms. The Hall–Kier alpha value is -1.26. The van der Waals surface area contributed by atoms with Gasteiger partial charge in [0.15, 0.2) is 0 Å². The highest BCUT2D eigenvalue weighted by molar-refractivity contribution is 14.1. The lowest BCUT2D eigenvalue weighted by Gasteiger charge is -2.10. The Morgan fingerprint density at radius 2 is 2.14 bits per heavy atom. The number of amides is 1. The van der Waals surface area contributed by atoms with E-state index in [1.54, 1.807) is 6.07 Å². The monoisotopic (exact) mass is 407 g/mol. The van der Waals surface area contributed by atoms with Crippen molar-refractivity contribution in [3.05, 3.63) is 37.4 Å². The predicted octanol–water partition coefficient (Wildman–Crippen LogP) is 1.51. The second-order valence-electron chi connectivity index (χ2n) is 4.59. The summed E-state index contributed by atoms with van der Waals surface area (Å²) in [6, 6.07) is 4.22. The van der Waals surface area contributed by atoms with E-state index in [0.29, 0.717) is 28.9 Å². The standard InChI is InChI=1S/C13H18IN3O4/c1-16(2)6-8-21-7-5-15-13(18)11-9-10(17(19)20)3-4-12(11)14/h3-4,9H,5-8H2,1-2H3,(H,15,18). The highest BCUT2D eigenvalue weighted by Crippen LogP contribution is 2.19. The molecule has 0 saturated heterocycles. The molecular weight excluding hydrogens is 389 g/mol. The first kappa shape index (κ1) is 17.8. The maximum Gasteiger partial charge on any atom is 0.270 e. The summed E-state index contributed by atoms with van der Waals surface area (Å²) in [7, 11) is 3.91. The fourth-order valence-electron chi connectivity index (χ4n) is 1.48. The highest BCUT2D eigenvalue weighted by atomic mass is 127. The number of carbonyl (C=O) groups excluding carboxylic acids is 1. The molecule has 1 aromatic carbocycles. The molecule has 0 bridgehead atoms. The van der Waals surface area contributed by atoms with E-state index in [9.17, 15) is 14.9 Å². The first-order valence-electron chi connectivity index (χ1n) is 6.36. The van der Waals surface area contributed by atoms with Crippen LogP contribution >= 0.6 is 22.6 Å². The number of carbonyl (C=O) groups is 1. The number of non-ortho nitro benzene ring substituents is 1. The molecule has 1 rings (SSSR count). The Morgan fingerprint density at radius 3 is 2.76 bits per heavy atom. The molecule has 8 heteroatoms. The van der Waals surface area contributed by atoms with E-state index in [1.165, 1.54) is 12.1 Å². The van der Waals surface area contributed by atoms with Crippen molar-refractivity contribution in [3.8, 4) is 0 Å². The van der Waals surface area contributed by atoms with Gasteiger partial charge in [0.1, 0.15) is 0 Å².